The normalized spacial score (nSPS) is 19.1. The van der Waals surface area contributed by atoms with Crippen LogP contribution in [0, 0.1) is 5.92 Å². The maximum absolute atomic E-state index is 11.8. The van der Waals surface area contributed by atoms with Crippen LogP contribution >= 0.6 is 0 Å². The Balaban J connectivity index is 1.87. The topological polar surface area (TPSA) is 0 Å². The Morgan fingerprint density at radius 2 is 1.64 bits per heavy atom. The van der Waals surface area contributed by atoms with Crippen LogP contribution in [0.25, 0.3) is 0 Å². The highest BCUT2D eigenvalue weighted by Gasteiger charge is 2.12. The second-order valence-corrected chi connectivity index (χ2v) is 4.53. The predicted molar refractivity (Wildman–Crippen MR) is 55.7 cm³/mol. The van der Waals surface area contributed by atoms with Crippen molar-refractivity contribution in [3.05, 3.63) is 0 Å². The maximum atomic E-state index is 11.8. The highest BCUT2D eigenvalue weighted by atomic mass is 19.3. The van der Waals surface area contributed by atoms with E-state index in [1.54, 1.807) is 0 Å². The molecular formula is C12H22F2. The summed E-state index contributed by atoms with van der Waals surface area (Å²) in [5, 5.41) is 0. The molecule has 0 aromatic rings. The van der Waals surface area contributed by atoms with Crippen molar-refractivity contribution in [3.63, 3.8) is 0 Å². The molecule has 1 rings (SSSR count). The lowest BCUT2D eigenvalue weighted by molar-refractivity contribution is 0.133. The van der Waals surface area contributed by atoms with Crippen LogP contribution in [0.4, 0.5) is 8.78 Å². The molecule has 0 aliphatic heterocycles. The van der Waals surface area contributed by atoms with E-state index in [0.29, 0.717) is 6.42 Å². The van der Waals surface area contributed by atoms with Crippen molar-refractivity contribution in [1.82, 2.24) is 0 Å². The fourth-order valence-electron chi connectivity index (χ4n) is 2.38. The van der Waals surface area contributed by atoms with Gasteiger partial charge in [-0.15, -0.1) is 0 Å². The van der Waals surface area contributed by atoms with Gasteiger partial charge in [-0.1, -0.05) is 51.4 Å². The van der Waals surface area contributed by atoms with Crippen molar-refractivity contribution in [1.29, 1.82) is 0 Å². The Morgan fingerprint density at radius 3 is 2.29 bits per heavy atom. The Morgan fingerprint density at radius 1 is 0.929 bits per heavy atom. The number of unbranched alkanes of at least 4 members (excludes halogenated alkanes) is 2. The molecule has 1 saturated carbocycles. The van der Waals surface area contributed by atoms with Crippen LogP contribution in [-0.4, -0.2) is 6.43 Å². The minimum atomic E-state index is -2.09. The monoisotopic (exact) mass is 204 g/mol. The van der Waals surface area contributed by atoms with E-state index in [0.717, 1.165) is 18.8 Å². The first kappa shape index (κ1) is 11.9. The van der Waals surface area contributed by atoms with E-state index in [4.69, 9.17) is 0 Å². The number of alkyl halides is 2. The molecule has 0 heterocycles. The van der Waals surface area contributed by atoms with Crippen LogP contribution in [0.3, 0.4) is 0 Å². The molecule has 0 bridgehead atoms. The summed E-state index contributed by atoms with van der Waals surface area (Å²) >= 11 is 0. The lowest BCUT2D eigenvalue weighted by atomic mass is 9.85. The average molecular weight is 204 g/mol. The van der Waals surface area contributed by atoms with Gasteiger partial charge in [-0.05, 0) is 12.3 Å². The summed E-state index contributed by atoms with van der Waals surface area (Å²) in [4.78, 5) is 0. The number of rotatable bonds is 6. The zero-order valence-corrected chi connectivity index (χ0v) is 8.98. The van der Waals surface area contributed by atoms with E-state index < -0.39 is 6.43 Å². The number of hydrogen-bond acceptors (Lipinski definition) is 0. The van der Waals surface area contributed by atoms with Gasteiger partial charge in [-0.25, -0.2) is 8.78 Å². The van der Waals surface area contributed by atoms with Crippen LogP contribution in [0.1, 0.15) is 64.2 Å². The van der Waals surface area contributed by atoms with Crippen LogP contribution < -0.4 is 0 Å². The minimum Gasteiger partial charge on any atom is -0.211 e. The van der Waals surface area contributed by atoms with Gasteiger partial charge in [0.05, 0.1) is 0 Å². The van der Waals surface area contributed by atoms with Gasteiger partial charge >= 0.3 is 0 Å². The fourth-order valence-corrected chi connectivity index (χ4v) is 2.38. The van der Waals surface area contributed by atoms with Crippen LogP contribution in [0.5, 0.6) is 0 Å². The zero-order valence-electron chi connectivity index (χ0n) is 8.98. The van der Waals surface area contributed by atoms with Gasteiger partial charge < -0.3 is 0 Å². The van der Waals surface area contributed by atoms with Gasteiger partial charge in [0, 0.05) is 6.42 Å². The third-order valence-corrected chi connectivity index (χ3v) is 3.26. The van der Waals surface area contributed by atoms with Crippen LogP contribution in [0.2, 0.25) is 0 Å². The van der Waals surface area contributed by atoms with E-state index in [1.807, 2.05) is 0 Å². The molecule has 1 aliphatic rings. The summed E-state index contributed by atoms with van der Waals surface area (Å²) in [6.07, 6.45) is 9.12. The fraction of sp³-hybridized carbons (Fsp3) is 1.00. The Bertz CT molecular complexity index is 128. The molecule has 1 fully saturated rings. The van der Waals surface area contributed by atoms with Crippen molar-refractivity contribution < 1.29 is 8.78 Å². The lowest BCUT2D eigenvalue weighted by Gasteiger charge is -2.21. The number of halogens is 2. The van der Waals surface area contributed by atoms with Crippen LogP contribution in [0.15, 0.2) is 0 Å². The quantitative estimate of drug-likeness (QED) is 0.546. The van der Waals surface area contributed by atoms with Gasteiger partial charge in [0.15, 0.2) is 0 Å². The Hall–Kier alpha value is -0.140. The molecule has 0 amide bonds. The van der Waals surface area contributed by atoms with Crippen molar-refractivity contribution in [2.24, 2.45) is 5.92 Å². The second kappa shape index (κ2) is 7.19. The molecule has 0 saturated heterocycles. The SMILES string of the molecule is FC(F)CCCCCC1CCCCC1. The van der Waals surface area contributed by atoms with E-state index >= 15 is 0 Å². The molecule has 0 N–H and O–H groups in total. The minimum absolute atomic E-state index is 0.102. The summed E-state index contributed by atoms with van der Waals surface area (Å²) in [6, 6.07) is 0. The summed E-state index contributed by atoms with van der Waals surface area (Å²) in [5.41, 5.74) is 0. The highest BCUT2D eigenvalue weighted by molar-refractivity contribution is 4.65. The van der Waals surface area contributed by atoms with Crippen molar-refractivity contribution >= 4 is 0 Å². The van der Waals surface area contributed by atoms with E-state index in [1.165, 1.54) is 38.5 Å². The number of hydrogen-bond donors (Lipinski definition) is 0. The maximum Gasteiger partial charge on any atom is 0.238 e. The molecule has 0 aromatic carbocycles. The summed E-state index contributed by atoms with van der Waals surface area (Å²) in [7, 11) is 0. The van der Waals surface area contributed by atoms with Gasteiger partial charge in [0.2, 0.25) is 6.43 Å². The third-order valence-electron chi connectivity index (χ3n) is 3.26. The molecule has 0 aromatic heterocycles. The molecule has 2 heteroatoms. The van der Waals surface area contributed by atoms with Crippen molar-refractivity contribution in [3.8, 4) is 0 Å². The van der Waals surface area contributed by atoms with E-state index in [9.17, 15) is 8.78 Å². The summed E-state index contributed by atoms with van der Waals surface area (Å²) in [5.74, 6) is 0.912. The highest BCUT2D eigenvalue weighted by Crippen LogP contribution is 2.28. The van der Waals surface area contributed by atoms with Gasteiger partial charge in [-0.2, -0.15) is 0 Å². The molecule has 84 valence electrons. The van der Waals surface area contributed by atoms with Crippen molar-refractivity contribution in [2.75, 3.05) is 0 Å². The summed E-state index contributed by atoms with van der Waals surface area (Å²) in [6.45, 7) is 0. The van der Waals surface area contributed by atoms with Crippen molar-refractivity contribution in [2.45, 2.75) is 70.6 Å². The van der Waals surface area contributed by atoms with Gasteiger partial charge in [-0.3, -0.25) is 0 Å². The smallest absolute Gasteiger partial charge is 0.211 e. The molecule has 1 aliphatic carbocycles. The zero-order chi connectivity index (χ0) is 10.2. The molecule has 0 unspecified atom stereocenters. The molecule has 0 radical (unpaired) electrons. The molecule has 0 spiro atoms. The van der Waals surface area contributed by atoms with E-state index in [2.05, 4.69) is 0 Å². The molecule has 0 nitrogen and oxygen atoms in total. The molecular weight excluding hydrogens is 182 g/mol. The van der Waals surface area contributed by atoms with Gasteiger partial charge in [0.1, 0.15) is 0 Å². The average Bonchev–Trinajstić information content (AvgIpc) is 2.18. The third kappa shape index (κ3) is 5.56. The Labute approximate surface area is 86.1 Å². The lowest BCUT2D eigenvalue weighted by Crippen LogP contribution is -2.05. The van der Waals surface area contributed by atoms with Crippen LogP contribution in [-0.2, 0) is 0 Å². The van der Waals surface area contributed by atoms with Gasteiger partial charge in [0.25, 0.3) is 0 Å². The first-order chi connectivity index (χ1) is 6.79. The first-order valence-electron chi connectivity index (χ1n) is 6.07. The second-order valence-electron chi connectivity index (χ2n) is 4.53. The Kier molecular flexibility index (Phi) is 6.13. The summed E-state index contributed by atoms with van der Waals surface area (Å²) < 4.78 is 23.6. The van der Waals surface area contributed by atoms with E-state index in [-0.39, 0.29) is 6.42 Å². The predicted octanol–water partition coefficient (Wildman–Crippen LogP) is 4.78. The molecule has 0 atom stereocenters. The first-order valence-corrected chi connectivity index (χ1v) is 6.07. The largest absolute Gasteiger partial charge is 0.238 e. The molecule has 14 heavy (non-hydrogen) atoms. The standard InChI is InChI=1S/C12H22F2/c13-12(14)10-6-2-5-9-11-7-3-1-4-8-11/h11-12H,1-10H2.